The lowest BCUT2D eigenvalue weighted by Gasteiger charge is -2.13. The Morgan fingerprint density at radius 1 is 1.53 bits per heavy atom. The Balaban J connectivity index is 2.77. The molecule has 1 aromatic carbocycles. The number of hydrogen-bond acceptors (Lipinski definition) is 4. The van der Waals surface area contributed by atoms with E-state index < -0.39 is 11.9 Å². The molecular formula is C14H15ClNO3-. The Hall–Kier alpha value is -1.73. The van der Waals surface area contributed by atoms with Crippen molar-refractivity contribution in [3.63, 3.8) is 0 Å². The molecule has 1 rings (SSSR count). The molecule has 0 fully saturated rings. The minimum Gasteiger partial charge on any atom is -0.549 e. The van der Waals surface area contributed by atoms with Gasteiger partial charge in [-0.1, -0.05) is 31.5 Å². The molecule has 0 bridgehead atoms. The zero-order chi connectivity index (χ0) is 14.4. The van der Waals surface area contributed by atoms with Crippen LogP contribution in [0.2, 0.25) is 5.02 Å². The number of rotatable bonds is 6. The third-order valence-corrected chi connectivity index (χ3v) is 2.74. The molecule has 1 unspecified atom stereocenters. The van der Waals surface area contributed by atoms with Gasteiger partial charge in [-0.15, -0.1) is 0 Å². The average molecular weight is 281 g/mol. The highest BCUT2D eigenvalue weighted by atomic mass is 35.5. The van der Waals surface area contributed by atoms with Crippen LogP contribution in [0.15, 0.2) is 18.2 Å². The largest absolute Gasteiger partial charge is 0.549 e. The van der Waals surface area contributed by atoms with Crippen LogP contribution >= 0.6 is 11.6 Å². The van der Waals surface area contributed by atoms with Crippen molar-refractivity contribution in [2.24, 2.45) is 11.8 Å². The summed E-state index contributed by atoms with van der Waals surface area (Å²) in [6.45, 7) is 4.61. The zero-order valence-corrected chi connectivity index (χ0v) is 11.6. The molecule has 0 radical (unpaired) electrons. The third kappa shape index (κ3) is 4.80. The van der Waals surface area contributed by atoms with E-state index in [0.29, 0.717) is 28.9 Å². The van der Waals surface area contributed by atoms with E-state index in [2.05, 4.69) is 0 Å². The van der Waals surface area contributed by atoms with Crippen LogP contribution in [0.4, 0.5) is 0 Å². The Morgan fingerprint density at radius 2 is 2.21 bits per heavy atom. The number of ether oxygens (including phenoxy) is 1. The first-order chi connectivity index (χ1) is 8.93. The van der Waals surface area contributed by atoms with Crippen LogP contribution in [0.5, 0.6) is 5.75 Å². The van der Waals surface area contributed by atoms with E-state index in [1.807, 2.05) is 13.8 Å². The first-order valence-corrected chi connectivity index (χ1v) is 6.33. The molecule has 0 saturated carbocycles. The maximum absolute atomic E-state index is 10.7. The van der Waals surface area contributed by atoms with Crippen LogP contribution in [0.25, 0.3) is 0 Å². The highest BCUT2D eigenvalue weighted by Crippen LogP contribution is 2.26. The molecule has 0 saturated heterocycles. The van der Waals surface area contributed by atoms with Crippen molar-refractivity contribution in [3.8, 4) is 11.8 Å². The van der Waals surface area contributed by atoms with Crippen LogP contribution < -0.4 is 9.84 Å². The van der Waals surface area contributed by atoms with Gasteiger partial charge in [0.05, 0.1) is 29.6 Å². The summed E-state index contributed by atoms with van der Waals surface area (Å²) in [6.07, 6.45) is 0.0724. The fraction of sp³-hybridized carbons (Fsp3) is 0.429. The first kappa shape index (κ1) is 15.3. The van der Waals surface area contributed by atoms with E-state index in [1.165, 1.54) is 0 Å². The van der Waals surface area contributed by atoms with Crippen LogP contribution in [-0.2, 0) is 11.2 Å². The molecule has 0 spiro atoms. The van der Waals surface area contributed by atoms with Crippen molar-refractivity contribution < 1.29 is 14.6 Å². The molecule has 0 aromatic heterocycles. The minimum atomic E-state index is -1.38. The number of carbonyl (C=O) groups excluding carboxylic acids is 1. The summed E-state index contributed by atoms with van der Waals surface area (Å²) in [5.74, 6) is -1.60. The number of halogens is 1. The van der Waals surface area contributed by atoms with Crippen LogP contribution in [-0.4, -0.2) is 12.6 Å². The summed E-state index contributed by atoms with van der Waals surface area (Å²) in [4.78, 5) is 10.7. The average Bonchev–Trinajstić information content (AvgIpc) is 2.34. The molecule has 102 valence electrons. The van der Waals surface area contributed by atoms with Crippen molar-refractivity contribution in [1.29, 1.82) is 5.26 Å². The lowest BCUT2D eigenvalue weighted by Crippen LogP contribution is -2.31. The van der Waals surface area contributed by atoms with Gasteiger partial charge < -0.3 is 14.6 Å². The van der Waals surface area contributed by atoms with Crippen LogP contribution in [0.3, 0.4) is 0 Å². The fourth-order valence-electron chi connectivity index (χ4n) is 1.46. The highest BCUT2D eigenvalue weighted by molar-refractivity contribution is 6.32. The molecule has 1 aromatic rings. The lowest BCUT2D eigenvalue weighted by atomic mass is 10.0. The minimum absolute atomic E-state index is 0.0724. The number of nitrogens with zero attached hydrogens (tertiary/aromatic N) is 1. The molecular weight excluding hydrogens is 266 g/mol. The second-order valence-corrected chi connectivity index (χ2v) is 5.08. The molecule has 0 N–H and O–H groups in total. The van der Waals surface area contributed by atoms with Gasteiger partial charge in [-0.3, -0.25) is 0 Å². The molecule has 0 aliphatic heterocycles. The number of carboxylic acid groups (broad SMARTS) is 1. The smallest absolute Gasteiger partial charge is 0.137 e. The molecule has 1 atom stereocenters. The number of carboxylic acids is 1. The Morgan fingerprint density at radius 3 is 2.68 bits per heavy atom. The number of carbonyl (C=O) groups is 1. The molecule has 0 heterocycles. The zero-order valence-electron chi connectivity index (χ0n) is 10.9. The van der Waals surface area contributed by atoms with Crippen molar-refractivity contribution in [2.45, 2.75) is 20.3 Å². The van der Waals surface area contributed by atoms with Crippen LogP contribution in [0, 0.1) is 23.2 Å². The number of nitriles is 1. The van der Waals surface area contributed by atoms with Gasteiger partial charge in [0.15, 0.2) is 0 Å². The second-order valence-electron chi connectivity index (χ2n) is 4.67. The fourth-order valence-corrected chi connectivity index (χ4v) is 1.72. The maximum atomic E-state index is 10.7. The molecule has 0 aliphatic rings. The molecule has 19 heavy (non-hydrogen) atoms. The van der Waals surface area contributed by atoms with Gasteiger partial charge in [-0.05, 0) is 30.0 Å². The lowest BCUT2D eigenvalue weighted by molar-refractivity contribution is -0.309. The number of benzene rings is 1. The number of aliphatic carboxylic acids is 1. The van der Waals surface area contributed by atoms with Gasteiger partial charge in [0.1, 0.15) is 5.75 Å². The predicted molar refractivity (Wildman–Crippen MR) is 69.6 cm³/mol. The maximum Gasteiger partial charge on any atom is 0.137 e. The van der Waals surface area contributed by atoms with Crippen molar-refractivity contribution in [2.75, 3.05) is 6.61 Å². The highest BCUT2D eigenvalue weighted by Gasteiger charge is 2.11. The second kappa shape index (κ2) is 7.01. The van der Waals surface area contributed by atoms with Gasteiger partial charge in [-0.25, -0.2) is 0 Å². The van der Waals surface area contributed by atoms with Gasteiger partial charge in [0.25, 0.3) is 0 Å². The summed E-state index contributed by atoms with van der Waals surface area (Å²) in [5, 5.41) is 19.8. The van der Waals surface area contributed by atoms with Gasteiger partial charge >= 0.3 is 0 Å². The normalized spacial score (nSPS) is 11.9. The summed E-state index contributed by atoms with van der Waals surface area (Å²) in [6, 6.07) is 6.69. The van der Waals surface area contributed by atoms with E-state index in [1.54, 1.807) is 24.3 Å². The van der Waals surface area contributed by atoms with E-state index in [-0.39, 0.29) is 6.42 Å². The Kier molecular flexibility index (Phi) is 5.65. The molecule has 0 amide bonds. The summed E-state index contributed by atoms with van der Waals surface area (Å²) in [5.41, 5.74) is 0.664. The topological polar surface area (TPSA) is 73.1 Å². The quantitative estimate of drug-likeness (QED) is 0.796. The molecule has 0 aliphatic carbocycles. The molecule has 5 heteroatoms. The van der Waals surface area contributed by atoms with E-state index in [0.717, 1.165) is 0 Å². The van der Waals surface area contributed by atoms with E-state index in [9.17, 15) is 9.90 Å². The van der Waals surface area contributed by atoms with Gasteiger partial charge in [-0.2, -0.15) is 5.26 Å². The summed E-state index contributed by atoms with van der Waals surface area (Å²) >= 11 is 6.05. The van der Waals surface area contributed by atoms with Gasteiger partial charge in [0.2, 0.25) is 0 Å². The van der Waals surface area contributed by atoms with Crippen molar-refractivity contribution in [3.05, 3.63) is 28.8 Å². The van der Waals surface area contributed by atoms with Crippen molar-refractivity contribution in [1.82, 2.24) is 0 Å². The van der Waals surface area contributed by atoms with Crippen molar-refractivity contribution >= 4 is 17.6 Å². The predicted octanol–water partition coefficient (Wildman–Crippen LogP) is 1.81. The first-order valence-electron chi connectivity index (χ1n) is 5.95. The third-order valence-electron chi connectivity index (χ3n) is 2.45. The van der Waals surface area contributed by atoms with E-state index in [4.69, 9.17) is 21.6 Å². The molecule has 4 nitrogen and oxygen atoms in total. The standard InChI is InChI=1S/C14H16ClNO3/c1-9(2)8-19-13-4-3-10(6-12(13)15)5-11(7-16)14(17)18/h3-4,6,9,11H,5,8H2,1-2H3,(H,17,18)/p-1. The summed E-state index contributed by atoms with van der Waals surface area (Å²) < 4.78 is 5.51. The number of hydrogen-bond donors (Lipinski definition) is 0. The Labute approximate surface area is 117 Å². The Bertz CT molecular complexity index is 494. The summed E-state index contributed by atoms with van der Waals surface area (Å²) in [7, 11) is 0. The SMILES string of the molecule is CC(C)COc1ccc(CC(C#N)C(=O)[O-])cc1Cl. The van der Waals surface area contributed by atoms with Gasteiger partial charge in [0, 0.05) is 0 Å². The monoisotopic (exact) mass is 280 g/mol. The van der Waals surface area contributed by atoms with Crippen LogP contribution in [0.1, 0.15) is 19.4 Å². The van der Waals surface area contributed by atoms with E-state index >= 15 is 0 Å².